The van der Waals surface area contributed by atoms with E-state index in [1.165, 1.54) is 11.3 Å². The standard InChI is InChI=1S/C11H16N2O3S/c1-8-9(17-7-13-8)6-12-10(14)4-2-3-5-11(15)16/h7H,2-6H2,1H3,(H,12,14)(H,15,16). The van der Waals surface area contributed by atoms with Gasteiger partial charge < -0.3 is 10.4 Å². The van der Waals surface area contributed by atoms with Gasteiger partial charge in [0.25, 0.3) is 0 Å². The summed E-state index contributed by atoms with van der Waals surface area (Å²) < 4.78 is 0. The van der Waals surface area contributed by atoms with Crippen molar-refractivity contribution in [3.63, 3.8) is 0 Å². The molecule has 2 N–H and O–H groups in total. The predicted molar refractivity (Wildman–Crippen MR) is 64.8 cm³/mol. The zero-order valence-electron chi connectivity index (χ0n) is 9.73. The zero-order valence-corrected chi connectivity index (χ0v) is 10.5. The van der Waals surface area contributed by atoms with Crippen LogP contribution >= 0.6 is 11.3 Å². The molecule has 1 rings (SSSR count). The van der Waals surface area contributed by atoms with Gasteiger partial charge in [-0.15, -0.1) is 11.3 Å². The van der Waals surface area contributed by atoms with Crippen molar-refractivity contribution in [1.82, 2.24) is 10.3 Å². The summed E-state index contributed by atoms with van der Waals surface area (Å²) in [4.78, 5) is 26.8. The van der Waals surface area contributed by atoms with Crippen LogP contribution in [0.4, 0.5) is 0 Å². The molecule has 0 fully saturated rings. The number of carbonyl (C=O) groups is 2. The number of hydrogen-bond acceptors (Lipinski definition) is 4. The number of nitrogens with one attached hydrogen (secondary N) is 1. The molecule has 94 valence electrons. The van der Waals surface area contributed by atoms with Crippen LogP contribution in [0.2, 0.25) is 0 Å². The van der Waals surface area contributed by atoms with Gasteiger partial charge in [0.2, 0.25) is 5.91 Å². The number of carboxylic acids is 1. The Morgan fingerprint density at radius 1 is 1.41 bits per heavy atom. The Hall–Kier alpha value is -1.43. The number of aromatic nitrogens is 1. The fraction of sp³-hybridized carbons (Fsp3) is 0.545. The number of aliphatic carboxylic acids is 1. The second-order valence-electron chi connectivity index (χ2n) is 3.74. The Balaban J connectivity index is 2.13. The summed E-state index contributed by atoms with van der Waals surface area (Å²) >= 11 is 1.52. The van der Waals surface area contributed by atoms with Crippen molar-refractivity contribution >= 4 is 23.2 Å². The largest absolute Gasteiger partial charge is 0.481 e. The molecule has 0 aliphatic rings. The lowest BCUT2D eigenvalue weighted by Crippen LogP contribution is -2.22. The second-order valence-corrected chi connectivity index (χ2v) is 4.68. The van der Waals surface area contributed by atoms with Gasteiger partial charge in [0.15, 0.2) is 0 Å². The predicted octanol–water partition coefficient (Wildman–Crippen LogP) is 1.71. The Bertz CT molecular complexity index is 390. The molecule has 0 unspecified atom stereocenters. The monoisotopic (exact) mass is 256 g/mol. The van der Waals surface area contributed by atoms with Crippen LogP contribution in [0, 0.1) is 6.92 Å². The molecule has 0 saturated carbocycles. The smallest absolute Gasteiger partial charge is 0.303 e. The lowest BCUT2D eigenvalue weighted by molar-refractivity contribution is -0.137. The van der Waals surface area contributed by atoms with E-state index in [4.69, 9.17) is 5.11 Å². The van der Waals surface area contributed by atoms with Crippen LogP contribution in [-0.2, 0) is 16.1 Å². The Morgan fingerprint density at radius 2 is 2.12 bits per heavy atom. The number of nitrogens with zero attached hydrogens (tertiary/aromatic N) is 1. The SMILES string of the molecule is Cc1ncsc1CNC(=O)CCCCC(=O)O. The molecule has 17 heavy (non-hydrogen) atoms. The van der Waals surface area contributed by atoms with Gasteiger partial charge in [-0.3, -0.25) is 9.59 Å². The maximum Gasteiger partial charge on any atom is 0.303 e. The van der Waals surface area contributed by atoms with Gasteiger partial charge in [-0.2, -0.15) is 0 Å². The third-order valence-corrected chi connectivity index (χ3v) is 3.27. The summed E-state index contributed by atoms with van der Waals surface area (Å²) in [6, 6.07) is 0. The highest BCUT2D eigenvalue weighted by Crippen LogP contribution is 2.11. The number of unbranched alkanes of at least 4 members (excludes halogenated alkanes) is 1. The molecule has 0 radical (unpaired) electrons. The number of hydrogen-bond donors (Lipinski definition) is 2. The summed E-state index contributed by atoms with van der Waals surface area (Å²) in [7, 11) is 0. The van der Waals surface area contributed by atoms with Gasteiger partial charge >= 0.3 is 5.97 Å². The first kappa shape index (κ1) is 13.6. The second kappa shape index (κ2) is 7.01. The van der Waals surface area contributed by atoms with Crippen molar-refractivity contribution in [3.05, 3.63) is 16.1 Å². The molecule has 1 aromatic heterocycles. The van der Waals surface area contributed by atoms with E-state index in [0.717, 1.165) is 10.6 Å². The van der Waals surface area contributed by atoms with Crippen LogP contribution in [-0.4, -0.2) is 22.0 Å². The Morgan fingerprint density at radius 3 is 2.71 bits per heavy atom. The normalized spacial score (nSPS) is 10.2. The summed E-state index contributed by atoms with van der Waals surface area (Å²) in [5, 5.41) is 11.2. The summed E-state index contributed by atoms with van der Waals surface area (Å²) in [6.07, 6.45) is 1.66. The zero-order chi connectivity index (χ0) is 12.7. The van der Waals surface area contributed by atoms with Gasteiger partial charge in [0.1, 0.15) is 0 Å². The third-order valence-electron chi connectivity index (χ3n) is 2.34. The number of rotatable bonds is 7. The lowest BCUT2D eigenvalue weighted by Gasteiger charge is -2.03. The topological polar surface area (TPSA) is 79.3 Å². The van der Waals surface area contributed by atoms with Gasteiger partial charge in [-0.25, -0.2) is 4.98 Å². The minimum absolute atomic E-state index is 0.0387. The van der Waals surface area contributed by atoms with Crippen molar-refractivity contribution in [2.75, 3.05) is 0 Å². The highest BCUT2D eigenvalue weighted by Gasteiger charge is 2.05. The first-order valence-corrected chi connectivity index (χ1v) is 6.35. The average molecular weight is 256 g/mol. The molecule has 1 heterocycles. The molecule has 0 aliphatic carbocycles. The minimum atomic E-state index is -0.814. The molecule has 0 saturated heterocycles. The summed E-state index contributed by atoms with van der Waals surface area (Å²) in [5.74, 6) is -0.853. The number of carboxylic acid groups (broad SMARTS) is 1. The molecule has 0 atom stereocenters. The van der Waals surface area contributed by atoms with E-state index >= 15 is 0 Å². The van der Waals surface area contributed by atoms with Crippen LogP contribution in [0.5, 0.6) is 0 Å². The molecule has 1 amide bonds. The van der Waals surface area contributed by atoms with Gasteiger partial charge in [-0.05, 0) is 19.8 Å². The molecule has 0 spiro atoms. The molecule has 1 aromatic rings. The quantitative estimate of drug-likeness (QED) is 0.728. The van der Waals surface area contributed by atoms with E-state index in [9.17, 15) is 9.59 Å². The fourth-order valence-corrected chi connectivity index (χ4v) is 2.04. The molecule has 0 aliphatic heterocycles. The van der Waals surface area contributed by atoms with E-state index in [1.54, 1.807) is 5.51 Å². The number of carbonyl (C=O) groups excluding carboxylic acids is 1. The first-order chi connectivity index (χ1) is 8.09. The van der Waals surface area contributed by atoms with Crippen LogP contribution in [0.3, 0.4) is 0 Å². The van der Waals surface area contributed by atoms with Crippen molar-refractivity contribution in [2.24, 2.45) is 0 Å². The maximum absolute atomic E-state index is 11.4. The van der Waals surface area contributed by atoms with Crippen molar-refractivity contribution in [2.45, 2.75) is 39.2 Å². The van der Waals surface area contributed by atoms with E-state index in [2.05, 4.69) is 10.3 Å². The van der Waals surface area contributed by atoms with Crippen LogP contribution < -0.4 is 5.32 Å². The summed E-state index contributed by atoms with van der Waals surface area (Å²) in [6.45, 7) is 2.42. The maximum atomic E-state index is 11.4. The molecular weight excluding hydrogens is 240 g/mol. The third kappa shape index (κ3) is 5.44. The van der Waals surface area contributed by atoms with E-state index in [1.807, 2.05) is 6.92 Å². The fourth-order valence-electron chi connectivity index (χ4n) is 1.32. The molecular formula is C11H16N2O3S. The van der Waals surface area contributed by atoms with Crippen molar-refractivity contribution < 1.29 is 14.7 Å². The molecule has 0 aromatic carbocycles. The lowest BCUT2D eigenvalue weighted by atomic mass is 10.2. The molecule has 0 bridgehead atoms. The minimum Gasteiger partial charge on any atom is -0.481 e. The Labute approximate surface area is 104 Å². The number of amides is 1. The molecule has 5 nitrogen and oxygen atoms in total. The first-order valence-electron chi connectivity index (χ1n) is 5.47. The van der Waals surface area contributed by atoms with E-state index < -0.39 is 5.97 Å². The highest BCUT2D eigenvalue weighted by atomic mass is 32.1. The molecule has 6 heteroatoms. The van der Waals surface area contributed by atoms with Crippen LogP contribution in [0.25, 0.3) is 0 Å². The van der Waals surface area contributed by atoms with Crippen molar-refractivity contribution in [3.8, 4) is 0 Å². The van der Waals surface area contributed by atoms with Crippen molar-refractivity contribution in [1.29, 1.82) is 0 Å². The number of thiazole rings is 1. The highest BCUT2D eigenvalue weighted by molar-refractivity contribution is 7.09. The van der Waals surface area contributed by atoms with E-state index in [0.29, 0.717) is 25.8 Å². The summed E-state index contributed by atoms with van der Waals surface area (Å²) in [5.41, 5.74) is 2.70. The van der Waals surface area contributed by atoms with Gasteiger partial charge in [-0.1, -0.05) is 0 Å². The van der Waals surface area contributed by atoms with E-state index in [-0.39, 0.29) is 12.3 Å². The number of aryl methyl sites for hydroxylation is 1. The average Bonchev–Trinajstić information content (AvgIpc) is 2.67. The van der Waals surface area contributed by atoms with Gasteiger partial charge in [0.05, 0.1) is 17.7 Å². The van der Waals surface area contributed by atoms with Crippen LogP contribution in [0.15, 0.2) is 5.51 Å². The Kier molecular flexibility index (Phi) is 5.62. The van der Waals surface area contributed by atoms with Gasteiger partial charge in [0, 0.05) is 17.7 Å². The van der Waals surface area contributed by atoms with Crippen LogP contribution in [0.1, 0.15) is 36.3 Å².